The Morgan fingerprint density at radius 1 is 1.30 bits per heavy atom. The van der Waals surface area contributed by atoms with Crippen molar-refractivity contribution in [3.8, 4) is 0 Å². The fourth-order valence-electron chi connectivity index (χ4n) is 2.34. The Bertz CT molecular complexity index is 845. The van der Waals surface area contributed by atoms with Crippen molar-refractivity contribution in [2.45, 2.75) is 19.9 Å². The third kappa shape index (κ3) is 2.09. The highest BCUT2D eigenvalue weighted by molar-refractivity contribution is 7.71. The van der Waals surface area contributed by atoms with Crippen molar-refractivity contribution in [1.82, 2.24) is 9.55 Å². The van der Waals surface area contributed by atoms with E-state index in [0.29, 0.717) is 10.3 Å². The number of imidazole rings is 1. The average molecular weight is 310 g/mol. The van der Waals surface area contributed by atoms with Crippen LogP contribution in [0.5, 0.6) is 0 Å². The fraction of sp³-hybridized carbons (Fsp3) is 0.214. The summed E-state index contributed by atoms with van der Waals surface area (Å²) >= 11 is 6.91. The van der Waals surface area contributed by atoms with Gasteiger partial charge in [0.15, 0.2) is 10.6 Å². The highest BCUT2D eigenvalue weighted by atomic mass is 32.1. The van der Waals surface area contributed by atoms with Crippen molar-refractivity contribution >= 4 is 34.6 Å². The van der Waals surface area contributed by atoms with Crippen LogP contribution >= 0.6 is 23.6 Å². The van der Waals surface area contributed by atoms with E-state index >= 15 is 0 Å². The number of nitrogens with one attached hydrogen (secondary N) is 1. The largest absolute Gasteiger partial charge is 0.328 e. The molecule has 0 radical (unpaired) electrons. The maximum Gasteiger partial charge on any atom is 0.178 e. The standard InChI is InChI=1S/C14H12F2N2S2/c1-7-3-4-12(20-7)8(2)18-11-6-9(15)5-10(16)13(11)17-14(18)19/h3-6,8H,1-2H3,(H,17,19). The molecule has 3 aromatic rings. The lowest BCUT2D eigenvalue weighted by atomic mass is 10.2. The van der Waals surface area contributed by atoms with Crippen molar-refractivity contribution in [2.24, 2.45) is 0 Å². The molecule has 0 aliphatic rings. The molecule has 104 valence electrons. The van der Waals surface area contributed by atoms with Gasteiger partial charge in [0.1, 0.15) is 11.3 Å². The molecule has 1 aromatic carbocycles. The van der Waals surface area contributed by atoms with Crippen LogP contribution in [0.1, 0.15) is 22.7 Å². The number of halogens is 2. The van der Waals surface area contributed by atoms with E-state index < -0.39 is 11.6 Å². The van der Waals surface area contributed by atoms with Crippen molar-refractivity contribution in [3.05, 3.63) is 50.4 Å². The normalized spacial score (nSPS) is 13.0. The van der Waals surface area contributed by atoms with Gasteiger partial charge in [-0.1, -0.05) is 0 Å². The van der Waals surface area contributed by atoms with E-state index in [2.05, 4.69) is 4.98 Å². The number of aromatic amines is 1. The second kappa shape index (κ2) is 4.79. The van der Waals surface area contributed by atoms with Gasteiger partial charge in [0.05, 0.1) is 11.6 Å². The third-order valence-corrected chi connectivity index (χ3v) is 4.77. The Hall–Kier alpha value is -1.53. The van der Waals surface area contributed by atoms with Crippen molar-refractivity contribution in [2.75, 3.05) is 0 Å². The lowest BCUT2D eigenvalue weighted by molar-refractivity contribution is 0.589. The Morgan fingerprint density at radius 2 is 2.05 bits per heavy atom. The molecule has 0 aliphatic heterocycles. The zero-order chi connectivity index (χ0) is 14.4. The summed E-state index contributed by atoms with van der Waals surface area (Å²) in [7, 11) is 0. The molecule has 0 saturated heterocycles. The topological polar surface area (TPSA) is 20.7 Å². The number of hydrogen-bond donors (Lipinski definition) is 1. The van der Waals surface area contributed by atoms with Gasteiger partial charge < -0.3 is 9.55 Å². The van der Waals surface area contributed by atoms with E-state index in [1.165, 1.54) is 10.9 Å². The second-order valence-electron chi connectivity index (χ2n) is 4.71. The first-order valence-electron chi connectivity index (χ1n) is 6.13. The highest BCUT2D eigenvalue weighted by Gasteiger charge is 2.17. The summed E-state index contributed by atoms with van der Waals surface area (Å²) in [5, 5.41) is 0. The molecule has 6 heteroatoms. The molecule has 1 atom stereocenters. The quantitative estimate of drug-likeness (QED) is 0.664. The van der Waals surface area contributed by atoms with Gasteiger partial charge in [-0.2, -0.15) is 0 Å². The second-order valence-corrected chi connectivity index (χ2v) is 6.41. The molecule has 0 spiro atoms. The first kappa shape index (κ1) is 13.5. The van der Waals surface area contributed by atoms with Crippen molar-refractivity contribution < 1.29 is 8.78 Å². The minimum Gasteiger partial charge on any atom is -0.328 e. The highest BCUT2D eigenvalue weighted by Crippen LogP contribution is 2.30. The molecule has 20 heavy (non-hydrogen) atoms. The first-order valence-corrected chi connectivity index (χ1v) is 7.35. The number of fused-ring (bicyclic) bond motifs is 1. The maximum absolute atomic E-state index is 13.8. The van der Waals surface area contributed by atoms with Gasteiger partial charge in [0, 0.05) is 15.8 Å². The predicted octanol–water partition coefficient (Wildman–Crippen LogP) is 4.96. The molecule has 1 N–H and O–H groups in total. The van der Waals surface area contributed by atoms with Crippen LogP contribution in [-0.2, 0) is 0 Å². The number of benzene rings is 1. The number of rotatable bonds is 2. The molecular weight excluding hydrogens is 298 g/mol. The summed E-state index contributed by atoms with van der Waals surface area (Å²) < 4.78 is 29.4. The monoisotopic (exact) mass is 310 g/mol. The molecular formula is C14H12F2N2S2. The Morgan fingerprint density at radius 3 is 2.70 bits per heavy atom. The van der Waals surface area contributed by atoms with Crippen LogP contribution in [0.4, 0.5) is 8.78 Å². The Balaban J connectivity index is 2.25. The molecule has 0 bridgehead atoms. The van der Waals surface area contributed by atoms with Crippen molar-refractivity contribution in [1.29, 1.82) is 0 Å². The van der Waals surface area contributed by atoms with Crippen LogP contribution in [0, 0.1) is 23.3 Å². The summed E-state index contributed by atoms with van der Waals surface area (Å²) in [6.07, 6.45) is 0. The number of thiophene rings is 1. The lowest BCUT2D eigenvalue weighted by Gasteiger charge is -2.13. The average Bonchev–Trinajstić information content (AvgIpc) is 2.92. The summed E-state index contributed by atoms with van der Waals surface area (Å²) in [6.45, 7) is 3.99. The molecule has 0 aliphatic carbocycles. The zero-order valence-corrected chi connectivity index (χ0v) is 12.5. The fourth-order valence-corrected chi connectivity index (χ4v) is 3.62. The lowest BCUT2D eigenvalue weighted by Crippen LogP contribution is -2.05. The summed E-state index contributed by atoms with van der Waals surface area (Å²) in [6, 6.07) is 6.13. The van der Waals surface area contributed by atoms with E-state index in [4.69, 9.17) is 12.2 Å². The molecule has 0 amide bonds. The molecule has 2 aromatic heterocycles. The minimum absolute atomic E-state index is 0.0730. The van der Waals surface area contributed by atoms with Crippen LogP contribution in [0.3, 0.4) is 0 Å². The SMILES string of the molecule is Cc1ccc(C(C)n2c(=S)[nH]c3c(F)cc(F)cc32)s1. The molecule has 2 nitrogen and oxygen atoms in total. The van der Waals surface area contributed by atoms with Gasteiger partial charge >= 0.3 is 0 Å². The third-order valence-electron chi connectivity index (χ3n) is 3.30. The molecule has 0 saturated carbocycles. The van der Waals surface area contributed by atoms with E-state index in [0.717, 1.165) is 10.9 Å². The minimum atomic E-state index is -0.626. The molecule has 2 heterocycles. The maximum atomic E-state index is 13.8. The van der Waals surface area contributed by atoms with E-state index in [1.54, 1.807) is 15.9 Å². The first-order chi connectivity index (χ1) is 9.47. The van der Waals surface area contributed by atoms with Gasteiger partial charge in [-0.15, -0.1) is 11.3 Å². The Kier molecular flexibility index (Phi) is 3.22. The molecule has 0 fully saturated rings. The number of hydrogen-bond acceptors (Lipinski definition) is 2. The summed E-state index contributed by atoms with van der Waals surface area (Å²) in [5.41, 5.74) is 0.697. The van der Waals surface area contributed by atoms with Crippen LogP contribution in [-0.4, -0.2) is 9.55 Å². The van der Waals surface area contributed by atoms with Gasteiger partial charge in [-0.3, -0.25) is 0 Å². The Labute approximate surface area is 123 Å². The molecule has 1 unspecified atom stereocenters. The number of aromatic nitrogens is 2. The summed E-state index contributed by atoms with van der Waals surface area (Å²) in [4.78, 5) is 5.11. The van der Waals surface area contributed by atoms with E-state index in [1.807, 2.05) is 26.0 Å². The summed E-state index contributed by atoms with van der Waals surface area (Å²) in [5.74, 6) is -1.23. The van der Waals surface area contributed by atoms with Crippen LogP contribution in [0.2, 0.25) is 0 Å². The number of nitrogens with zero attached hydrogens (tertiary/aromatic N) is 1. The molecule has 3 rings (SSSR count). The van der Waals surface area contributed by atoms with Gasteiger partial charge in [-0.25, -0.2) is 8.78 Å². The van der Waals surface area contributed by atoms with Gasteiger partial charge in [0.25, 0.3) is 0 Å². The van der Waals surface area contributed by atoms with E-state index in [-0.39, 0.29) is 11.6 Å². The van der Waals surface area contributed by atoms with E-state index in [9.17, 15) is 8.78 Å². The predicted molar refractivity (Wildman–Crippen MR) is 79.9 cm³/mol. The van der Waals surface area contributed by atoms with Gasteiger partial charge in [-0.05, 0) is 44.3 Å². The van der Waals surface area contributed by atoms with Gasteiger partial charge in [0.2, 0.25) is 0 Å². The number of aryl methyl sites for hydroxylation is 1. The van der Waals surface area contributed by atoms with Crippen LogP contribution in [0.25, 0.3) is 11.0 Å². The smallest absolute Gasteiger partial charge is 0.178 e. The van der Waals surface area contributed by atoms with Crippen LogP contribution in [0.15, 0.2) is 24.3 Å². The number of H-pyrrole nitrogens is 1. The van der Waals surface area contributed by atoms with Crippen LogP contribution < -0.4 is 0 Å². The zero-order valence-electron chi connectivity index (χ0n) is 10.9. The van der Waals surface area contributed by atoms with Crippen molar-refractivity contribution in [3.63, 3.8) is 0 Å².